The number of amides is 1. The van der Waals surface area contributed by atoms with Gasteiger partial charge in [0.2, 0.25) is 0 Å². The molecule has 4 rings (SSSR count). The van der Waals surface area contributed by atoms with E-state index in [0.29, 0.717) is 23.2 Å². The van der Waals surface area contributed by atoms with Crippen molar-refractivity contribution in [2.24, 2.45) is 0 Å². The van der Waals surface area contributed by atoms with Crippen molar-refractivity contribution in [2.75, 3.05) is 25.4 Å². The van der Waals surface area contributed by atoms with E-state index in [1.165, 1.54) is 5.56 Å². The zero-order valence-electron chi connectivity index (χ0n) is 16.1. The van der Waals surface area contributed by atoms with Crippen LogP contribution < -0.4 is 4.74 Å². The van der Waals surface area contributed by atoms with Gasteiger partial charge in [0.25, 0.3) is 5.91 Å². The molecule has 1 saturated heterocycles. The van der Waals surface area contributed by atoms with Gasteiger partial charge in [-0.15, -0.1) is 0 Å². The van der Waals surface area contributed by atoms with E-state index >= 15 is 0 Å². The van der Waals surface area contributed by atoms with Gasteiger partial charge in [-0.1, -0.05) is 60.7 Å². The van der Waals surface area contributed by atoms with E-state index in [2.05, 4.69) is 30.3 Å². The van der Waals surface area contributed by atoms with Crippen molar-refractivity contribution in [3.63, 3.8) is 0 Å². The van der Waals surface area contributed by atoms with Crippen molar-refractivity contribution < 1.29 is 9.53 Å². The summed E-state index contributed by atoms with van der Waals surface area (Å²) in [6.45, 7) is 4.03. The standard InChI is InChI=1S/C24H25NO2S/c1-2-27-21-13-12-18-8-6-7-11-20(18)23(21)24(26)25-15-14-22(28-17-16-25)19-9-4-3-5-10-19/h3-13,22H,2,14-17H2,1H3. The number of hydrogen-bond donors (Lipinski definition) is 0. The second kappa shape index (κ2) is 8.70. The monoisotopic (exact) mass is 391 g/mol. The number of carbonyl (C=O) groups excluding carboxylic acids is 1. The number of rotatable bonds is 4. The Morgan fingerprint density at radius 2 is 1.82 bits per heavy atom. The van der Waals surface area contributed by atoms with E-state index in [1.54, 1.807) is 0 Å². The summed E-state index contributed by atoms with van der Waals surface area (Å²) >= 11 is 1.95. The highest BCUT2D eigenvalue weighted by molar-refractivity contribution is 7.99. The lowest BCUT2D eigenvalue weighted by atomic mass is 10.0. The normalized spacial score (nSPS) is 17.3. The number of fused-ring (bicyclic) bond motifs is 1. The van der Waals surface area contributed by atoms with Crippen LogP contribution in [-0.4, -0.2) is 36.3 Å². The van der Waals surface area contributed by atoms with Crippen LogP contribution in [-0.2, 0) is 0 Å². The van der Waals surface area contributed by atoms with E-state index in [4.69, 9.17) is 4.74 Å². The van der Waals surface area contributed by atoms with Crippen LogP contribution in [0.3, 0.4) is 0 Å². The van der Waals surface area contributed by atoms with Crippen LogP contribution in [0.1, 0.15) is 34.5 Å². The van der Waals surface area contributed by atoms with Gasteiger partial charge in [0, 0.05) is 24.1 Å². The minimum atomic E-state index is 0.0783. The molecule has 0 spiro atoms. The molecule has 3 nitrogen and oxygen atoms in total. The number of benzene rings is 3. The molecule has 1 atom stereocenters. The Labute approximate surface area is 170 Å². The maximum atomic E-state index is 13.5. The van der Waals surface area contributed by atoms with Crippen LogP contribution in [0.15, 0.2) is 66.7 Å². The SMILES string of the molecule is CCOc1ccc2ccccc2c1C(=O)N1CCSC(c2ccccc2)CC1. The second-order valence-electron chi connectivity index (χ2n) is 6.94. The Kier molecular flexibility index (Phi) is 5.87. The maximum absolute atomic E-state index is 13.5. The molecular weight excluding hydrogens is 366 g/mol. The second-order valence-corrected chi connectivity index (χ2v) is 8.25. The molecule has 1 amide bonds. The van der Waals surface area contributed by atoms with Gasteiger partial charge in [-0.2, -0.15) is 11.8 Å². The number of carbonyl (C=O) groups is 1. The minimum absolute atomic E-state index is 0.0783. The average Bonchev–Trinajstić information content (AvgIpc) is 3.00. The van der Waals surface area contributed by atoms with E-state index in [0.717, 1.165) is 36.0 Å². The lowest BCUT2D eigenvalue weighted by molar-refractivity contribution is 0.0764. The van der Waals surface area contributed by atoms with Crippen molar-refractivity contribution in [1.82, 2.24) is 4.90 Å². The van der Waals surface area contributed by atoms with Gasteiger partial charge >= 0.3 is 0 Å². The van der Waals surface area contributed by atoms with Gasteiger partial charge in [0.15, 0.2) is 0 Å². The first-order chi connectivity index (χ1) is 13.8. The number of thioether (sulfide) groups is 1. The highest BCUT2D eigenvalue weighted by atomic mass is 32.2. The fourth-order valence-corrected chi connectivity index (χ4v) is 5.05. The topological polar surface area (TPSA) is 29.5 Å². The lowest BCUT2D eigenvalue weighted by Crippen LogP contribution is -2.33. The Balaban J connectivity index is 1.62. The summed E-state index contributed by atoms with van der Waals surface area (Å²) in [6, 6.07) is 22.6. The van der Waals surface area contributed by atoms with Crippen LogP contribution in [0.25, 0.3) is 10.8 Å². The predicted octanol–water partition coefficient (Wildman–Crippen LogP) is 5.56. The summed E-state index contributed by atoms with van der Waals surface area (Å²) in [7, 11) is 0. The third-order valence-electron chi connectivity index (χ3n) is 5.20. The van der Waals surface area contributed by atoms with E-state index in [9.17, 15) is 4.79 Å². The van der Waals surface area contributed by atoms with Crippen molar-refractivity contribution in [1.29, 1.82) is 0 Å². The zero-order chi connectivity index (χ0) is 19.3. The van der Waals surface area contributed by atoms with Crippen LogP contribution >= 0.6 is 11.8 Å². The Bertz CT molecular complexity index is 957. The summed E-state index contributed by atoms with van der Waals surface area (Å²) in [5.41, 5.74) is 2.05. The Hall–Kier alpha value is -2.46. The molecule has 1 unspecified atom stereocenters. The highest BCUT2D eigenvalue weighted by Crippen LogP contribution is 2.36. The molecule has 0 radical (unpaired) electrons. The van der Waals surface area contributed by atoms with Crippen LogP contribution in [0.5, 0.6) is 5.75 Å². The number of hydrogen-bond acceptors (Lipinski definition) is 3. The predicted molar refractivity (Wildman–Crippen MR) is 117 cm³/mol. The van der Waals surface area contributed by atoms with Gasteiger partial charge in [-0.25, -0.2) is 0 Å². The van der Waals surface area contributed by atoms with Crippen LogP contribution in [0.4, 0.5) is 0 Å². The first-order valence-electron chi connectivity index (χ1n) is 9.88. The molecule has 0 aliphatic carbocycles. The summed E-state index contributed by atoms with van der Waals surface area (Å²) in [6.07, 6.45) is 0.967. The average molecular weight is 392 g/mol. The fraction of sp³-hybridized carbons (Fsp3) is 0.292. The van der Waals surface area contributed by atoms with Gasteiger partial charge in [-0.05, 0) is 35.7 Å². The molecule has 3 aromatic rings. The summed E-state index contributed by atoms with van der Waals surface area (Å²) in [5.74, 6) is 1.71. The van der Waals surface area contributed by atoms with E-state index in [1.807, 2.05) is 60.0 Å². The molecular formula is C24H25NO2S. The van der Waals surface area contributed by atoms with Gasteiger partial charge in [0.05, 0.1) is 12.2 Å². The molecule has 0 saturated carbocycles. The molecule has 144 valence electrons. The van der Waals surface area contributed by atoms with Gasteiger partial charge in [0.1, 0.15) is 5.75 Å². The lowest BCUT2D eigenvalue weighted by Gasteiger charge is -2.23. The van der Waals surface area contributed by atoms with E-state index in [-0.39, 0.29) is 5.91 Å². The van der Waals surface area contributed by atoms with Crippen molar-refractivity contribution in [3.05, 3.63) is 77.9 Å². The highest BCUT2D eigenvalue weighted by Gasteiger charge is 2.26. The third-order valence-corrected chi connectivity index (χ3v) is 6.53. The molecule has 28 heavy (non-hydrogen) atoms. The fourth-order valence-electron chi connectivity index (χ4n) is 3.81. The summed E-state index contributed by atoms with van der Waals surface area (Å²) in [4.78, 5) is 15.5. The van der Waals surface area contributed by atoms with Crippen molar-refractivity contribution in [3.8, 4) is 5.75 Å². The maximum Gasteiger partial charge on any atom is 0.258 e. The first kappa shape index (κ1) is 18.9. The van der Waals surface area contributed by atoms with Crippen LogP contribution in [0.2, 0.25) is 0 Å². The largest absolute Gasteiger partial charge is 0.493 e. The molecule has 1 aliphatic rings. The Morgan fingerprint density at radius 1 is 1.04 bits per heavy atom. The minimum Gasteiger partial charge on any atom is -0.493 e. The number of nitrogens with zero attached hydrogens (tertiary/aromatic N) is 1. The molecule has 0 aromatic heterocycles. The number of ether oxygens (including phenoxy) is 1. The smallest absolute Gasteiger partial charge is 0.258 e. The van der Waals surface area contributed by atoms with Gasteiger partial charge < -0.3 is 9.64 Å². The summed E-state index contributed by atoms with van der Waals surface area (Å²) in [5, 5.41) is 2.48. The molecule has 4 heteroatoms. The van der Waals surface area contributed by atoms with Crippen molar-refractivity contribution >= 4 is 28.4 Å². The third kappa shape index (κ3) is 3.88. The first-order valence-corrected chi connectivity index (χ1v) is 10.9. The molecule has 1 aliphatic heterocycles. The zero-order valence-corrected chi connectivity index (χ0v) is 17.0. The molecule has 0 N–H and O–H groups in total. The molecule has 1 heterocycles. The van der Waals surface area contributed by atoms with Gasteiger partial charge in [-0.3, -0.25) is 4.79 Å². The Morgan fingerprint density at radius 3 is 2.64 bits per heavy atom. The molecule has 3 aromatic carbocycles. The quantitative estimate of drug-likeness (QED) is 0.583. The van der Waals surface area contributed by atoms with Crippen LogP contribution in [0, 0.1) is 0 Å². The molecule has 0 bridgehead atoms. The molecule has 1 fully saturated rings. The summed E-state index contributed by atoms with van der Waals surface area (Å²) < 4.78 is 5.83. The van der Waals surface area contributed by atoms with Crippen molar-refractivity contribution in [2.45, 2.75) is 18.6 Å². The van der Waals surface area contributed by atoms with E-state index < -0.39 is 0 Å².